The summed E-state index contributed by atoms with van der Waals surface area (Å²) in [7, 11) is 0. The Morgan fingerprint density at radius 3 is 1.46 bits per heavy atom. The van der Waals surface area contributed by atoms with Crippen LogP contribution in [0.15, 0.2) is 218 Å². The van der Waals surface area contributed by atoms with E-state index in [9.17, 15) is 0 Å². The second-order valence-electron chi connectivity index (χ2n) is 14.5. The van der Waals surface area contributed by atoms with E-state index in [2.05, 4.69) is 228 Å². The number of benzene rings is 9. The summed E-state index contributed by atoms with van der Waals surface area (Å²) in [4.78, 5) is 2.37. The van der Waals surface area contributed by atoms with Gasteiger partial charge in [-0.05, 0) is 110 Å². The van der Waals surface area contributed by atoms with Crippen LogP contribution in [0.4, 0.5) is 17.1 Å². The van der Waals surface area contributed by atoms with Crippen LogP contribution in [0, 0.1) is 0 Å². The van der Waals surface area contributed by atoms with Crippen molar-refractivity contribution < 1.29 is 0 Å². The minimum atomic E-state index is 1.10. The van der Waals surface area contributed by atoms with Crippen molar-refractivity contribution in [3.63, 3.8) is 0 Å². The third-order valence-electron chi connectivity index (χ3n) is 11.3. The topological polar surface area (TPSA) is 8.17 Å². The molecule has 1 heterocycles. The van der Waals surface area contributed by atoms with Crippen LogP contribution in [0.1, 0.15) is 0 Å². The molecular formula is C54H36N2. The highest BCUT2D eigenvalue weighted by Crippen LogP contribution is 2.53. The van der Waals surface area contributed by atoms with E-state index in [1.165, 1.54) is 83.1 Å². The van der Waals surface area contributed by atoms with Crippen LogP contribution >= 0.6 is 0 Å². The number of aromatic nitrogens is 1. The Balaban J connectivity index is 1.05. The molecule has 0 spiro atoms. The van der Waals surface area contributed by atoms with Gasteiger partial charge in [0.1, 0.15) is 0 Å². The fraction of sp³-hybridized carbons (Fsp3) is 0. The second-order valence-corrected chi connectivity index (χ2v) is 14.5. The van der Waals surface area contributed by atoms with Gasteiger partial charge in [0.2, 0.25) is 0 Å². The number of para-hydroxylation sites is 1. The van der Waals surface area contributed by atoms with Crippen LogP contribution in [0.3, 0.4) is 0 Å². The summed E-state index contributed by atoms with van der Waals surface area (Å²) in [5.74, 6) is 0. The highest BCUT2D eigenvalue weighted by atomic mass is 15.1. The SMILES string of the molecule is c1ccc(-c2ccc(N(c3ccc(-c4ccccc4)cc3)c3cccc(-c4ccc5c(c4)c4c(n5-c5ccccc5)-c5cccc6cccc-4c56)c3)cc2)cc1. The van der Waals surface area contributed by atoms with Gasteiger partial charge < -0.3 is 9.47 Å². The number of hydrogen-bond acceptors (Lipinski definition) is 1. The zero-order chi connectivity index (χ0) is 37.0. The molecule has 2 heteroatoms. The first-order chi connectivity index (χ1) is 27.8. The van der Waals surface area contributed by atoms with Gasteiger partial charge in [-0.2, -0.15) is 0 Å². The van der Waals surface area contributed by atoms with Gasteiger partial charge in [0, 0.05) is 39.3 Å². The highest BCUT2D eigenvalue weighted by Gasteiger charge is 2.29. The molecule has 0 radical (unpaired) electrons. The zero-order valence-electron chi connectivity index (χ0n) is 30.7. The van der Waals surface area contributed by atoms with Crippen molar-refractivity contribution in [2.45, 2.75) is 0 Å². The quantitative estimate of drug-likeness (QED) is 0.160. The van der Waals surface area contributed by atoms with Crippen LogP contribution in [0.5, 0.6) is 0 Å². The molecule has 11 rings (SSSR count). The molecule has 1 aromatic heterocycles. The third-order valence-corrected chi connectivity index (χ3v) is 11.3. The van der Waals surface area contributed by atoms with Gasteiger partial charge in [0.25, 0.3) is 0 Å². The van der Waals surface area contributed by atoms with Crippen molar-refractivity contribution in [3.05, 3.63) is 218 Å². The van der Waals surface area contributed by atoms with E-state index in [0.29, 0.717) is 0 Å². The summed E-state index contributed by atoms with van der Waals surface area (Å²) in [6.07, 6.45) is 0. The maximum Gasteiger partial charge on any atom is 0.0626 e. The maximum atomic E-state index is 2.46. The van der Waals surface area contributed by atoms with Gasteiger partial charge in [0.15, 0.2) is 0 Å². The van der Waals surface area contributed by atoms with Crippen molar-refractivity contribution in [2.75, 3.05) is 4.90 Å². The van der Waals surface area contributed by atoms with E-state index in [4.69, 9.17) is 0 Å². The molecule has 9 aromatic carbocycles. The number of rotatable bonds is 7. The maximum absolute atomic E-state index is 2.46. The van der Waals surface area contributed by atoms with E-state index in [1.807, 2.05) is 0 Å². The molecule has 0 atom stereocenters. The van der Waals surface area contributed by atoms with Gasteiger partial charge in [0.05, 0.1) is 11.2 Å². The molecule has 1 aliphatic rings. The lowest BCUT2D eigenvalue weighted by atomic mass is 9.98. The van der Waals surface area contributed by atoms with Gasteiger partial charge in [-0.25, -0.2) is 0 Å². The first kappa shape index (κ1) is 32.0. The molecular weight excluding hydrogens is 677 g/mol. The molecule has 10 aromatic rings. The Labute approximate surface area is 326 Å². The Bertz CT molecular complexity index is 2950. The van der Waals surface area contributed by atoms with E-state index >= 15 is 0 Å². The summed E-state index contributed by atoms with van der Waals surface area (Å²) < 4.78 is 2.46. The summed E-state index contributed by atoms with van der Waals surface area (Å²) in [5, 5.41) is 3.88. The highest BCUT2D eigenvalue weighted by molar-refractivity contribution is 6.22. The van der Waals surface area contributed by atoms with Crippen molar-refractivity contribution in [1.82, 2.24) is 4.57 Å². The van der Waals surface area contributed by atoms with Crippen molar-refractivity contribution in [2.24, 2.45) is 0 Å². The van der Waals surface area contributed by atoms with Crippen LogP contribution in [0.2, 0.25) is 0 Å². The second kappa shape index (κ2) is 13.2. The van der Waals surface area contributed by atoms with Crippen LogP contribution in [-0.2, 0) is 0 Å². The lowest BCUT2D eigenvalue weighted by Gasteiger charge is -2.26. The Morgan fingerprint density at radius 2 is 0.839 bits per heavy atom. The van der Waals surface area contributed by atoms with Crippen molar-refractivity contribution in [3.8, 4) is 61.5 Å². The molecule has 0 N–H and O–H groups in total. The molecule has 0 amide bonds. The number of anilines is 3. The lowest BCUT2D eigenvalue weighted by Crippen LogP contribution is -2.10. The fourth-order valence-electron chi connectivity index (χ4n) is 8.73. The monoisotopic (exact) mass is 712 g/mol. The average molecular weight is 713 g/mol. The Kier molecular flexibility index (Phi) is 7.53. The van der Waals surface area contributed by atoms with Crippen molar-refractivity contribution >= 4 is 38.7 Å². The molecule has 0 bridgehead atoms. The average Bonchev–Trinajstić information content (AvgIpc) is 3.79. The van der Waals surface area contributed by atoms with Gasteiger partial charge >= 0.3 is 0 Å². The lowest BCUT2D eigenvalue weighted by molar-refractivity contribution is 1.14. The number of nitrogens with zero attached hydrogens (tertiary/aromatic N) is 2. The molecule has 0 saturated heterocycles. The van der Waals surface area contributed by atoms with E-state index < -0.39 is 0 Å². The Hall–Kier alpha value is -7.42. The summed E-state index contributed by atoms with van der Waals surface area (Å²) in [5.41, 5.74) is 18.1. The van der Waals surface area contributed by atoms with E-state index in [0.717, 1.165) is 17.1 Å². The smallest absolute Gasteiger partial charge is 0.0626 e. The predicted octanol–water partition coefficient (Wildman–Crippen LogP) is 14.9. The standard InChI is InChI=1S/C54H36N2/c1-4-13-37(14-5-1)39-25-30-45(31-26-39)55(46-32-27-40(28-33-46)38-15-6-2-7-16-38)47-22-10-19-42(35-47)43-29-34-51-50(36-43)53-48-23-11-17-41-18-12-24-49(52(41)48)54(53)56(51)44-20-8-3-9-21-44/h1-36H. The van der Waals surface area contributed by atoms with Gasteiger partial charge in [-0.15, -0.1) is 0 Å². The molecule has 1 aliphatic carbocycles. The summed E-state index contributed by atoms with van der Waals surface area (Å²) in [6.45, 7) is 0. The molecule has 2 nitrogen and oxygen atoms in total. The fourth-order valence-corrected chi connectivity index (χ4v) is 8.73. The number of fused-ring (bicyclic) bond motifs is 5. The molecule has 56 heavy (non-hydrogen) atoms. The number of hydrogen-bond donors (Lipinski definition) is 0. The summed E-state index contributed by atoms with van der Waals surface area (Å²) in [6, 6.07) is 79.2. The van der Waals surface area contributed by atoms with Crippen molar-refractivity contribution in [1.29, 1.82) is 0 Å². The van der Waals surface area contributed by atoms with Crippen LogP contribution in [0.25, 0.3) is 83.1 Å². The minimum Gasteiger partial charge on any atom is -0.310 e. The molecule has 262 valence electrons. The first-order valence-electron chi connectivity index (χ1n) is 19.3. The molecule has 0 unspecified atom stereocenters. The van der Waals surface area contributed by atoms with E-state index in [1.54, 1.807) is 0 Å². The molecule has 0 aliphatic heterocycles. The minimum absolute atomic E-state index is 1.10. The van der Waals surface area contributed by atoms with Gasteiger partial charge in [-0.1, -0.05) is 158 Å². The largest absolute Gasteiger partial charge is 0.310 e. The predicted molar refractivity (Wildman–Crippen MR) is 236 cm³/mol. The van der Waals surface area contributed by atoms with E-state index in [-0.39, 0.29) is 0 Å². The van der Waals surface area contributed by atoms with Crippen LogP contribution < -0.4 is 4.90 Å². The zero-order valence-corrected chi connectivity index (χ0v) is 30.7. The molecule has 0 saturated carbocycles. The first-order valence-corrected chi connectivity index (χ1v) is 19.3. The summed E-state index contributed by atoms with van der Waals surface area (Å²) >= 11 is 0. The normalized spacial score (nSPS) is 11.6. The Morgan fingerprint density at radius 1 is 0.339 bits per heavy atom. The molecule has 0 fully saturated rings. The van der Waals surface area contributed by atoms with Gasteiger partial charge in [-0.3, -0.25) is 0 Å². The third kappa shape index (κ3) is 5.26. The van der Waals surface area contributed by atoms with Crippen LogP contribution in [-0.4, -0.2) is 4.57 Å².